The number of halogens is 1. The number of piperidine rings is 1. The second-order valence-corrected chi connectivity index (χ2v) is 16.3. The Balaban J connectivity index is 1.84. The lowest BCUT2D eigenvalue weighted by atomic mass is 9.89. The molecule has 1 aromatic rings. The lowest BCUT2D eigenvalue weighted by molar-refractivity contribution is -0.149. The number of aliphatic carboxylic acids is 1. The monoisotopic (exact) mass is 775 g/mol. The number of carboxylic acid groups (broad SMARTS) is 1. The molecule has 12 atom stereocenters. The molecule has 4 amide bonds. The largest absolute Gasteiger partial charge is 0.480 e. The van der Waals surface area contributed by atoms with Gasteiger partial charge in [0.25, 0.3) is 0 Å². The van der Waals surface area contributed by atoms with E-state index in [2.05, 4.69) is 22.9 Å². The molecule has 55 heavy (non-hydrogen) atoms. The molecule has 13 nitrogen and oxygen atoms in total. The van der Waals surface area contributed by atoms with Crippen molar-refractivity contribution in [1.29, 1.82) is 0 Å². The van der Waals surface area contributed by atoms with Gasteiger partial charge in [-0.15, -0.1) is 0 Å². The summed E-state index contributed by atoms with van der Waals surface area (Å²) in [5, 5.41) is 18.5. The number of nitrogens with zero attached hydrogens (tertiary/aromatic N) is 2. The fourth-order valence-electron chi connectivity index (χ4n) is 8.57. The molecule has 4 N–H and O–H groups in total. The van der Waals surface area contributed by atoms with Crippen LogP contribution in [-0.4, -0.2) is 121 Å². The van der Waals surface area contributed by atoms with E-state index in [0.29, 0.717) is 12.8 Å². The molecule has 2 aliphatic rings. The summed E-state index contributed by atoms with van der Waals surface area (Å²) in [6.07, 6.45) is -0.416. The molecule has 1 saturated carbocycles. The molecule has 1 aliphatic heterocycles. The molecule has 14 heteroatoms. The zero-order chi connectivity index (χ0) is 41.5. The van der Waals surface area contributed by atoms with Crippen molar-refractivity contribution in [3.63, 3.8) is 0 Å². The summed E-state index contributed by atoms with van der Waals surface area (Å²) in [5.41, 5.74) is 0.168. The number of carbonyl (C=O) groups is 5. The number of methoxy groups -OCH3 is 2. The number of hydrogen-bond acceptors (Lipinski definition) is 8. The lowest BCUT2D eigenvalue weighted by Crippen LogP contribution is -2.59. The van der Waals surface area contributed by atoms with Gasteiger partial charge < -0.3 is 40.3 Å². The zero-order valence-corrected chi connectivity index (χ0v) is 34.8. The third kappa shape index (κ3) is 10.6. The Morgan fingerprint density at radius 1 is 0.964 bits per heavy atom. The Morgan fingerprint density at radius 2 is 1.58 bits per heavy atom. The normalized spacial score (nSPS) is 23.5. The van der Waals surface area contributed by atoms with Gasteiger partial charge in [-0.3, -0.25) is 19.2 Å². The first-order chi connectivity index (χ1) is 25.9. The lowest BCUT2D eigenvalue weighted by Gasteiger charge is -2.41. The highest BCUT2D eigenvalue weighted by atomic mass is 19.1. The summed E-state index contributed by atoms with van der Waals surface area (Å²) in [5.74, 6) is -3.82. The molecule has 3 unspecified atom stereocenters. The van der Waals surface area contributed by atoms with Crippen molar-refractivity contribution in [3.8, 4) is 0 Å². The van der Waals surface area contributed by atoms with Crippen molar-refractivity contribution in [2.75, 3.05) is 28.3 Å². The van der Waals surface area contributed by atoms with Crippen molar-refractivity contribution in [2.24, 2.45) is 35.5 Å². The Bertz CT molecular complexity index is 1490. The Kier molecular flexibility index (Phi) is 16.6. The quantitative estimate of drug-likeness (QED) is 0.146. The maximum absolute atomic E-state index is 14.5. The number of ether oxygens (including phenoxy) is 2. The number of hydrogen-bond donors (Lipinski definition) is 4. The summed E-state index contributed by atoms with van der Waals surface area (Å²) < 4.78 is 26.3. The molecule has 0 radical (unpaired) electrons. The van der Waals surface area contributed by atoms with Gasteiger partial charge in [0, 0.05) is 33.7 Å². The van der Waals surface area contributed by atoms with Crippen LogP contribution in [0.5, 0.6) is 0 Å². The molecule has 0 aromatic heterocycles. The van der Waals surface area contributed by atoms with Crippen molar-refractivity contribution in [2.45, 2.75) is 130 Å². The van der Waals surface area contributed by atoms with Crippen LogP contribution >= 0.6 is 0 Å². The third-order valence-electron chi connectivity index (χ3n) is 12.1. The van der Waals surface area contributed by atoms with Crippen LogP contribution in [0.15, 0.2) is 24.3 Å². The van der Waals surface area contributed by atoms with Gasteiger partial charge in [0.15, 0.2) is 0 Å². The first kappa shape index (κ1) is 45.8. The minimum absolute atomic E-state index is 0.00732. The third-order valence-corrected chi connectivity index (χ3v) is 12.1. The van der Waals surface area contributed by atoms with Crippen LogP contribution in [0, 0.1) is 41.3 Å². The minimum atomic E-state index is -1.37. The molecular weight excluding hydrogens is 709 g/mol. The fraction of sp³-hybridized carbons (Fsp3) is 0.732. The second kappa shape index (κ2) is 20.0. The predicted octanol–water partition coefficient (Wildman–Crippen LogP) is 3.49. The van der Waals surface area contributed by atoms with E-state index in [1.54, 1.807) is 32.0 Å². The molecule has 2 fully saturated rings. The number of likely N-dealkylation sites (tertiary alicyclic amines) is 1. The topological polar surface area (TPSA) is 167 Å². The highest BCUT2D eigenvalue weighted by Crippen LogP contribution is 2.54. The molecule has 1 aromatic carbocycles. The van der Waals surface area contributed by atoms with Crippen molar-refractivity contribution in [1.82, 2.24) is 25.8 Å². The van der Waals surface area contributed by atoms with Gasteiger partial charge >= 0.3 is 5.97 Å². The van der Waals surface area contributed by atoms with E-state index in [0.717, 1.165) is 0 Å². The van der Waals surface area contributed by atoms with Crippen LogP contribution in [-0.2, 0) is 39.9 Å². The average molecular weight is 776 g/mol. The van der Waals surface area contributed by atoms with Crippen molar-refractivity contribution in [3.05, 3.63) is 35.6 Å². The molecule has 0 bridgehead atoms. The Labute approximate surface area is 326 Å². The van der Waals surface area contributed by atoms with Crippen molar-refractivity contribution < 1.29 is 42.9 Å². The Hall–Kier alpha value is -3.62. The summed E-state index contributed by atoms with van der Waals surface area (Å²) in [4.78, 5) is 71.1. The van der Waals surface area contributed by atoms with E-state index in [9.17, 15) is 33.5 Å². The number of carboxylic acids is 1. The molecule has 1 saturated heterocycles. The van der Waals surface area contributed by atoms with Crippen LogP contribution in [0.25, 0.3) is 0 Å². The van der Waals surface area contributed by atoms with Gasteiger partial charge in [-0.25, -0.2) is 9.18 Å². The van der Waals surface area contributed by atoms with Gasteiger partial charge in [0.05, 0.1) is 42.7 Å². The van der Waals surface area contributed by atoms with E-state index in [4.69, 9.17) is 9.47 Å². The maximum Gasteiger partial charge on any atom is 0.326 e. The summed E-state index contributed by atoms with van der Waals surface area (Å²) in [7, 11) is 6.42. The number of benzene rings is 1. The SMILES string of the molecule is CC[C@H](C)[C@@H]([C@@H](CC(=O)N1C2C(C)C2C[C@H]1[C@H](OC)[C@@H](C)C(=O)N[C@@H](Cc1ccccc1F)C(=O)O)OC)N(C)C(=O)[C@@H](NC(=O)[C@@H](NC)C(C)C)C(C)C. The van der Waals surface area contributed by atoms with Crippen LogP contribution in [0.1, 0.15) is 80.2 Å². The number of nitrogens with one attached hydrogen (secondary N) is 3. The van der Waals surface area contributed by atoms with Crippen LogP contribution in [0.2, 0.25) is 0 Å². The van der Waals surface area contributed by atoms with Crippen molar-refractivity contribution >= 4 is 29.6 Å². The number of fused-ring (bicyclic) bond motifs is 1. The average Bonchev–Trinajstić information content (AvgIpc) is 3.56. The number of amides is 4. The maximum atomic E-state index is 14.5. The molecule has 1 aliphatic carbocycles. The fourth-order valence-corrected chi connectivity index (χ4v) is 8.57. The van der Waals surface area contributed by atoms with Gasteiger partial charge in [-0.05, 0) is 54.7 Å². The zero-order valence-electron chi connectivity index (χ0n) is 34.8. The van der Waals surface area contributed by atoms with Gasteiger partial charge in [0.1, 0.15) is 17.9 Å². The summed E-state index contributed by atoms with van der Waals surface area (Å²) in [6.45, 7) is 15.4. The van der Waals surface area contributed by atoms with Gasteiger partial charge in [-0.1, -0.05) is 80.0 Å². The van der Waals surface area contributed by atoms with E-state index in [1.165, 1.54) is 32.4 Å². The van der Waals surface area contributed by atoms with E-state index < -0.39 is 66.0 Å². The highest BCUT2D eigenvalue weighted by molar-refractivity contribution is 5.90. The van der Waals surface area contributed by atoms with Crippen LogP contribution in [0.3, 0.4) is 0 Å². The molecule has 1 heterocycles. The van der Waals surface area contributed by atoms with E-state index >= 15 is 0 Å². The highest BCUT2D eigenvalue weighted by Gasteiger charge is 2.62. The second-order valence-electron chi connectivity index (χ2n) is 16.3. The Morgan fingerprint density at radius 3 is 2.09 bits per heavy atom. The van der Waals surface area contributed by atoms with Gasteiger partial charge in [-0.2, -0.15) is 0 Å². The molecule has 0 spiro atoms. The van der Waals surface area contributed by atoms with Crippen LogP contribution in [0.4, 0.5) is 4.39 Å². The number of rotatable bonds is 21. The summed E-state index contributed by atoms with van der Waals surface area (Å²) >= 11 is 0. The molecule has 3 rings (SSSR count). The number of carbonyl (C=O) groups excluding carboxylic acids is 4. The van der Waals surface area contributed by atoms with Gasteiger partial charge in [0.2, 0.25) is 23.6 Å². The predicted molar refractivity (Wildman–Crippen MR) is 207 cm³/mol. The van der Waals surface area contributed by atoms with E-state index in [-0.39, 0.29) is 71.8 Å². The standard InChI is InChI=1S/C41H66FN5O8/c1-13-23(6)35(46(10)40(51)34(22(4)5)45-39(50)33(43-9)21(2)3)31(54-11)20-32(48)47-30(19-27-24(7)36(27)47)37(55-12)25(8)38(49)44-29(41(52)53)18-26-16-14-15-17-28(26)42/h14-17,21-25,27,29-31,33-37,43H,13,18-20H2,1-12H3,(H,44,49)(H,45,50)(H,52,53)/t23-,24?,25+,27?,29-,30-,31+,33-,34-,35-,36?,37+/m0/s1. The first-order valence-electron chi connectivity index (χ1n) is 19.7. The molecule has 310 valence electrons. The smallest absolute Gasteiger partial charge is 0.326 e. The van der Waals surface area contributed by atoms with Crippen LogP contribution < -0.4 is 16.0 Å². The van der Waals surface area contributed by atoms with E-state index in [1.807, 2.05) is 46.4 Å². The minimum Gasteiger partial charge on any atom is -0.480 e. The molecular formula is C41H66FN5O8. The summed E-state index contributed by atoms with van der Waals surface area (Å²) in [6, 6.07) is 2.15. The number of likely N-dealkylation sites (N-methyl/N-ethyl adjacent to an activating group) is 2. The first-order valence-corrected chi connectivity index (χ1v) is 19.7.